The molecule has 0 fully saturated rings. The second-order valence-electron chi connectivity index (χ2n) is 3.05. The summed E-state index contributed by atoms with van der Waals surface area (Å²) in [6.45, 7) is 0. The van der Waals surface area contributed by atoms with Crippen molar-refractivity contribution >= 4 is 34.9 Å². The highest BCUT2D eigenvalue weighted by Crippen LogP contribution is 2.21. The third-order valence-electron chi connectivity index (χ3n) is 1.92. The molecule has 0 saturated heterocycles. The van der Waals surface area contributed by atoms with Gasteiger partial charge in [-0.1, -0.05) is 23.2 Å². The molecule has 82 valence electrons. The molecule has 1 aromatic carbocycles. The van der Waals surface area contributed by atoms with Gasteiger partial charge in [-0.3, -0.25) is 9.89 Å². The summed E-state index contributed by atoms with van der Waals surface area (Å²) >= 11 is 11.6. The van der Waals surface area contributed by atoms with E-state index in [4.69, 9.17) is 23.2 Å². The van der Waals surface area contributed by atoms with Gasteiger partial charge >= 0.3 is 0 Å². The molecule has 0 unspecified atom stereocenters. The molecule has 1 aromatic heterocycles. The van der Waals surface area contributed by atoms with Crippen molar-refractivity contribution in [1.29, 1.82) is 0 Å². The maximum Gasteiger partial charge on any atom is 0.258 e. The quantitative estimate of drug-likeness (QED) is 0.867. The zero-order valence-electron chi connectivity index (χ0n) is 8.00. The van der Waals surface area contributed by atoms with Crippen LogP contribution in [0, 0.1) is 0 Å². The van der Waals surface area contributed by atoms with E-state index in [-0.39, 0.29) is 5.91 Å². The second-order valence-corrected chi connectivity index (χ2v) is 3.89. The maximum absolute atomic E-state index is 11.8. The van der Waals surface area contributed by atoms with E-state index in [9.17, 15) is 4.79 Å². The number of H-pyrrole nitrogens is 1. The highest BCUT2D eigenvalue weighted by molar-refractivity contribution is 6.37. The van der Waals surface area contributed by atoms with Crippen molar-refractivity contribution in [2.24, 2.45) is 0 Å². The van der Waals surface area contributed by atoms with Gasteiger partial charge in [-0.2, -0.15) is 5.10 Å². The number of hydrogen-bond donors (Lipinski definition) is 2. The summed E-state index contributed by atoms with van der Waals surface area (Å²) < 4.78 is 0. The van der Waals surface area contributed by atoms with E-state index >= 15 is 0 Å². The second kappa shape index (κ2) is 4.55. The van der Waals surface area contributed by atoms with Crippen LogP contribution in [0.15, 0.2) is 30.5 Å². The number of hydrogen-bond acceptors (Lipinski definition) is 2. The summed E-state index contributed by atoms with van der Waals surface area (Å²) in [6.07, 6.45) is 1.54. The van der Waals surface area contributed by atoms with E-state index in [0.717, 1.165) is 0 Å². The van der Waals surface area contributed by atoms with E-state index in [2.05, 4.69) is 15.5 Å². The standard InChI is InChI=1S/C10H7Cl2N3O/c11-6-1-2-7(8(12)5-6)10(16)14-9-3-4-13-15-9/h1-5H,(H2,13,14,15,16). The number of anilines is 1. The third-order valence-corrected chi connectivity index (χ3v) is 2.47. The number of rotatable bonds is 2. The summed E-state index contributed by atoms with van der Waals surface area (Å²) in [5, 5.41) is 9.74. The van der Waals surface area contributed by atoms with Crippen LogP contribution in [0.25, 0.3) is 0 Å². The average molecular weight is 256 g/mol. The van der Waals surface area contributed by atoms with E-state index < -0.39 is 0 Å². The minimum absolute atomic E-state index is 0.310. The number of aromatic nitrogens is 2. The Morgan fingerprint density at radius 3 is 2.75 bits per heavy atom. The molecule has 0 aliphatic carbocycles. The van der Waals surface area contributed by atoms with Crippen LogP contribution < -0.4 is 5.32 Å². The van der Waals surface area contributed by atoms with Crippen LogP contribution in [0.2, 0.25) is 10.0 Å². The van der Waals surface area contributed by atoms with Crippen molar-refractivity contribution in [2.45, 2.75) is 0 Å². The first kappa shape index (κ1) is 11.0. The van der Waals surface area contributed by atoms with Crippen molar-refractivity contribution in [3.8, 4) is 0 Å². The number of aromatic amines is 1. The molecule has 0 saturated carbocycles. The normalized spacial score (nSPS) is 10.1. The lowest BCUT2D eigenvalue weighted by Gasteiger charge is -2.04. The van der Waals surface area contributed by atoms with Crippen molar-refractivity contribution in [3.63, 3.8) is 0 Å². The lowest BCUT2D eigenvalue weighted by atomic mass is 10.2. The fraction of sp³-hybridized carbons (Fsp3) is 0. The third kappa shape index (κ3) is 2.35. The first-order valence-electron chi connectivity index (χ1n) is 4.42. The molecule has 0 aliphatic heterocycles. The molecule has 0 spiro atoms. The first-order valence-corrected chi connectivity index (χ1v) is 5.18. The number of nitrogens with one attached hydrogen (secondary N) is 2. The van der Waals surface area contributed by atoms with Crippen LogP contribution in [0.4, 0.5) is 5.82 Å². The predicted molar refractivity (Wildman–Crippen MR) is 63.0 cm³/mol. The predicted octanol–water partition coefficient (Wildman–Crippen LogP) is 2.97. The van der Waals surface area contributed by atoms with Gasteiger partial charge in [0, 0.05) is 11.1 Å². The average Bonchev–Trinajstić information content (AvgIpc) is 2.70. The molecule has 2 rings (SSSR count). The van der Waals surface area contributed by atoms with Gasteiger partial charge in [0.15, 0.2) is 0 Å². The molecule has 0 atom stereocenters. The Kier molecular flexibility index (Phi) is 3.12. The maximum atomic E-state index is 11.8. The van der Waals surface area contributed by atoms with Crippen molar-refractivity contribution in [1.82, 2.24) is 10.2 Å². The van der Waals surface area contributed by atoms with Gasteiger partial charge in [-0.05, 0) is 18.2 Å². The van der Waals surface area contributed by atoms with E-state index in [1.807, 2.05) is 0 Å². The van der Waals surface area contributed by atoms with Gasteiger partial charge in [0.25, 0.3) is 5.91 Å². The number of benzene rings is 1. The lowest BCUT2D eigenvalue weighted by molar-refractivity contribution is 0.102. The Hall–Kier alpha value is -1.52. The Balaban J connectivity index is 2.21. The Morgan fingerprint density at radius 1 is 1.31 bits per heavy atom. The summed E-state index contributed by atoms with van der Waals surface area (Å²) in [6, 6.07) is 6.33. The fourth-order valence-corrected chi connectivity index (χ4v) is 1.68. The number of carbonyl (C=O) groups is 1. The van der Waals surface area contributed by atoms with Gasteiger partial charge in [0.1, 0.15) is 5.82 Å². The summed E-state index contributed by atoms with van der Waals surface area (Å²) in [4.78, 5) is 11.8. The molecule has 16 heavy (non-hydrogen) atoms. The largest absolute Gasteiger partial charge is 0.307 e. The molecule has 0 bridgehead atoms. The number of nitrogens with zero attached hydrogens (tertiary/aromatic N) is 1. The zero-order chi connectivity index (χ0) is 11.5. The molecule has 1 heterocycles. The first-order chi connectivity index (χ1) is 7.66. The van der Waals surface area contributed by atoms with Crippen LogP contribution in [-0.2, 0) is 0 Å². The molecule has 2 aromatic rings. The van der Waals surface area contributed by atoms with Gasteiger partial charge in [-0.25, -0.2) is 0 Å². The summed E-state index contributed by atoms with van der Waals surface area (Å²) in [7, 11) is 0. The number of halogens is 2. The van der Waals surface area contributed by atoms with Crippen molar-refractivity contribution in [3.05, 3.63) is 46.1 Å². The molecule has 1 amide bonds. The smallest absolute Gasteiger partial charge is 0.258 e. The highest BCUT2D eigenvalue weighted by atomic mass is 35.5. The summed E-state index contributed by atoms with van der Waals surface area (Å²) in [5.74, 6) is 0.196. The van der Waals surface area contributed by atoms with Gasteiger partial charge in [0.2, 0.25) is 0 Å². The van der Waals surface area contributed by atoms with Crippen LogP contribution >= 0.6 is 23.2 Å². The van der Waals surface area contributed by atoms with Crippen LogP contribution in [0.1, 0.15) is 10.4 Å². The summed E-state index contributed by atoms with van der Waals surface area (Å²) in [5.41, 5.74) is 0.362. The molecule has 0 radical (unpaired) electrons. The molecule has 6 heteroatoms. The van der Waals surface area contributed by atoms with E-state index in [1.165, 1.54) is 6.07 Å². The lowest BCUT2D eigenvalue weighted by Crippen LogP contribution is -2.12. The Bertz CT molecular complexity index is 511. The highest BCUT2D eigenvalue weighted by Gasteiger charge is 2.11. The minimum Gasteiger partial charge on any atom is -0.307 e. The number of amides is 1. The molecular weight excluding hydrogens is 249 g/mol. The number of carbonyl (C=O) groups excluding carboxylic acids is 1. The minimum atomic E-state index is -0.314. The van der Waals surface area contributed by atoms with Crippen LogP contribution in [0.3, 0.4) is 0 Å². The molecule has 0 aliphatic rings. The van der Waals surface area contributed by atoms with E-state index in [0.29, 0.717) is 21.4 Å². The van der Waals surface area contributed by atoms with Crippen LogP contribution in [-0.4, -0.2) is 16.1 Å². The van der Waals surface area contributed by atoms with Crippen LogP contribution in [0.5, 0.6) is 0 Å². The topological polar surface area (TPSA) is 57.8 Å². The van der Waals surface area contributed by atoms with Crippen molar-refractivity contribution in [2.75, 3.05) is 5.32 Å². The van der Waals surface area contributed by atoms with Crippen molar-refractivity contribution < 1.29 is 4.79 Å². The molecular formula is C10H7Cl2N3O. The fourth-order valence-electron chi connectivity index (χ4n) is 1.19. The Morgan fingerprint density at radius 2 is 2.12 bits per heavy atom. The molecule has 2 N–H and O–H groups in total. The Labute approximate surface area is 102 Å². The van der Waals surface area contributed by atoms with Gasteiger partial charge in [-0.15, -0.1) is 0 Å². The van der Waals surface area contributed by atoms with E-state index in [1.54, 1.807) is 24.4 Å². The van der Waals surface area contributed by atoms with Gasteiger partial charge < -0.3 is 5.32 Å². The van der Waals surface area contributed by atoms with Gasteiger partial charge in [0.05, 0.1) is 16.8 Å². The monoisotopic (exact) mass is 255 g/mol. The SMILES string of the molecule is O=C(Nc1ccn[nH]1)c1ccc(Cl)cc1Cl. The molecule has 4 nitrogen and oxygen atoms in total. The zero-order valence-corrected chi connectivity index (χ0v) is 9.51.